The normalized spacial score (nSPS) is 21.9. The molecule has 1 aromatic carbocycles. The zero-order valence-corrected chi connectivity index (χ0v) is 17.9. The third-order valence-corrected chi connectivity index (χ3v) is 6.89. The van der Waals surface area contributed by atoms with Gasteiger partial charge in [-0.3, -0.25) is 14.3 Å². The van der Waals surface area contributed by atoms with Crippen molar-refractivity contribution in [2.75, 3.05) is 6.54 Å². The Morgan fingerprint density at radius 3 is 2.90 bits per heavy atom. The zero-order valence-electron chi connectivity index (χ0n) is 17.9. The molecule has 2 N–H and O–H groups in total. The lowest BCUT2D eigenvalue weighted by atomic mass is 9.89. The van der Waals surface area contributed by atoms with Gasteiger partial charge in [-0.2, -0.15) is 0 Å². The summed E-state index contributed by atoms with van der Waals surface area (Å²) in [6.45, 7) is 4.23. The lowest BCUT2D eigenvalue weighted by Gasteiger charge is -2.39. The second kappa shape index (κ2) is 7.67. The Balaban J connectivity index is 1.27. The number of benzene rings is 1. The van der Waals surface area contributed by atoms with Crippen molar-refractivity contribution in [2.24, 2.45) is 7.05 Å². The summed E-state index contributed by atoms with van der Waals surface area (Å²) < 4.78 is 17.6. The lowest BCUT2D eigenvalue weighted by molar-refractivity contribution is 0.0853. The van der Waals surface area contributed by atoms with Crippen molar-refractivity contribution >= 4 is 16.8 Å². The number of carbonyl (C=O) groups is 1. The van der Waals surface area contributed by atoms with E-state index < -0.39 is 0 Å². The first-order chi connectivity index (χ1) is 14.9. The molecule has 0 radical (unpaired) electrons. The number of fused-ring (bicyclic) bond motifs is 2. The molecule has 0 spiro atoms. The highest BCUT2D eigenvalue weighted by Gasteiger charge is 2.31. The maximum Gasteiger partial charge on any atom is 0.328 e. The average molecular weight is 426 g/mol. The summed E-state index contributed by atoms with van der Waals surface area (Å²) in [6, 6.07) is 5.22. The molecule has 164 valence electrons. The summed E-state index contributed by atoms with van der Waals surface area (Å²) in [7, 11) is 1.79. The number of H-pyrrole nitrogens is 1. The third-order valence-electron chi connectivity index (χ3n) is 6.89. The summed E-state index contributed by atoms with van der Waals surface area (Å²) in [5.41, 5.74) is 3.09. The van der Waals surface area contributed by atoms with E-state index in [-0.39, 0.29) is 23.5 Å². The van der Waals surface area contributed by atoms with Crippen molar-refractivity contribution in [2.45, 2.75) is 57.8 Å². The van der Waals surface area contributed by atoms with Crippen LogP contribution in [0.4, 0.5) is 4.39 Å². The van der Waals surface area contributed by atoms with E-state index in [9.17, 15) is 14.0 Å². The highest BCUT2D eigenvalue weighted by Crippen LogP contribution is 2.27. The fourth-order valence-electron chi connectivity index (χ4n) is 5.19. The number of rotatable bonds is 3. The van der Waals surface area contributed by atoms with Crippen LogP contribution >= 0.6 is 0 Å². The molecular weight excluding hydrogens is 397 g/mol. The first-order valence-electron chi connectivity index (χ1n) is 11.0. The molecule has 1 aliphatic heterocycles. The lowest BCUT2D eigenvalue weighted by Crippen LogP contribution is -2.48. The molecule has 1 fully saturated rings. The van der Waals surface area contributed by atoms with Crippen LogP contribution in [0.25, 0.3) is 10.9 Å². The van der Waals surface area contributed by atoms with Gasteiger partial charge in [0.25, 0.3) is 5.91 Å². The van der Waals surface area contributed by atoms with Crippen molar-refractivity contribution in [3.05, 3.63) is 57.6 Å². The Morgan fingerprint density at radius 1 is 1.26 bits per heavy atom. The predicted molar refractivity (Wildman–Crippen MR) is 117 cm³/mol. The van der Waals surface area contributed by atoms with Gasteiger partial charge in [0.05, 0.1) is 11.2 Å². The van der Waals surface area contributed by atoms with Crippen molar-refractivity contribution < 1.29 is 9.18 Å². The number of halogens is 1. The van der Waals surface area contributed by atoms with Crippen LogP contribution in [0.1, 0.15) is 47.4 Å². The summed E-state index contributed by atoms with van der Waals surface area (Å²) in [4.78, 5) is 30.5. The standard InChI is InChI=1S/C23H28FN5O2/c1-14-6-7-19(24)18-11-20(26-21(14)18)22(30)25-15-4-3-5-16(10-15)28-8-9-29-17(13-28)12-27(2)23(29)31/h6-7,11-12,15-16,26H,3-5,8-10,13H2,1-2H3,(H,25,30)/t15-,16-/m1/s1. The Hall–Kier alpha value is -2.87. The zero-order chi connectivity index (χ0) is 21.7. The minimum absolute atomic E-state index is 0.0495. The van der Waals surface area contributed by atoms with Crippen LogP contribution in [0.3, 0.4) is 0 Å². The molecule has 3 aromatic rings. The van der Waals surface area contributed by atoms with Gasteiger partial charge >= 0.3 is 5.69 Å². The van der Waals surface area contributed by atoms with Gasteiger partial charge in [0.15, 0.2) is 0 Å². The molecule has 0 saturated heterocycles. The minimum atomic E-state index is -0.321. The number of aryl methyl sites for hydroxylation is 2. The van der Waals surface area contributed by atoms with Gasteiger partial charge in [-0.05, 0) is 50.3 Å². The van der Waals surface area contributed by atoms with Gasteiger partial charge in [-0.15, -0.1) is 0 Å². The highest BCUT2D eigenvalue weighted by atomic mass is 19.1. The maximum absolute atomic E-state index is 14.1. The summed E-state index contributed by atoms with van der Waals surface area (Å²) >= 11 is 0. The first kappa shape index (κ1) is 20.1. The molecule has 2 aliphatic rings. The Kier molecular flexibility index (Phi) is 4.97. The second-order valence-corrected chi connectivity index (χ2v) is 8.96. The number of aromatic amines is 1. The number of hydrogen-bond acceptors (Lipinski definition) is 3. The first-order valence-corrected chi connectivity index (χ1v) is 11.0. The molecule has 0 unspecified atom stereocenters. The molecule has 0 bridgehead atoms. The highest BCUT2D eigenvalue weighted by molar-refractivity contribution is 5.99. The smallest absolute Gasteiger partial charge is 0.328 e. The van der Waals surface area contributed by atoms with Crippen molar-refractivity contribution in [3.8, 4) is 0 Å². The summed E-state index contributed by atoms with van der Waals surface area (Å²) in [6.07, 6.45) is 5.90. The number of aromatic nitrogens is 3. The van der Waals surface area contributed by atoms with Gasteiger partial charge in [0.2, 0.25) is 0 Å². The number of hydrogen-bond donors (Lipinski definition) is 2. The number of imidazole rings is 1. The molecule has 8 heteroatoms. The van der Waals surface area contributed by atoms with Gasteiger partial charge in [-0.25, -0.2) is 9.18 Å². The topological polar surface area (TPSA) is 75.1 Å². The molecule has 5 rings (SSSR count). The Bertz CT molecular complexity index is 1170. The molecule has 7 nitrogen and oxygen atoms in total. The second-order valence-electron chi connectivity index (χ2n) is 8.96. The van der Waals surface area contributed by atoms with Crippen molar-refractivity contribution in [1.29, 1.82) is 0 Å². The van der Waals surface area contributed by atoms with Gasteiger partial charge in [0, 0.05) is 50.3 Å². The molecule has 2 aromatic heterocycles. The van der Waals surface area contributed by atoms with Crippen LogP contribution in [-0.4, -0.2) is 43.6 Å². The van der Waals surface area contributed by atoms with E-state index in [1.165, 1.54) is 6.07 Å². The molecule has 2 atom stereocenters. The molecular formula is C23H28FN5O2. The molecule has 1 amide bonds. The summed E-state index contributed by atoms with van der Waals surface area (Å²) in [5, 5.41) is 3.61. The van der Waals surface area contributed by atoms with E-state index in [0.717, 1.165) is 50.0 Å². The van der Waals surface area contributed by atoms with Crippen molar-refractivity contribution in [3.63, 3.8) is 0 Å². The Morgan fingerprint density at radius 2 is 2.10 bits per heavy atom. The summed E-state index contributed by atoms with van der Waals surface area (Å²) in [5.74, 6) is -0.505. The van der Waals surface area contributed by atoms with Gasteiger partial charge < -0.3 is 14.9 Å². The largest absolute Gasteiger partial charge is 0.350 e. The number of nitrogens with one attached hydrogen (secondary N) is 2. The van der Waals surface area contributed by atoms with E-state index in [1.807, 2.05) is 17.7 Å². The van der Waals surface area contributed by atoms with Crippen LogP contribution < -0.4 is 11.0 Å². The van der Waals surface area contributed by atoms with E-state index in [1.54, 1.807) is 23.7 Å². The van der Waals surface area contributed by atoms with E-state index >= 15 is 0 Å². The van der Waals surface area contributed by atoms with Crippen LogP contribution in [-0.2, 0) is 20.1 Å². The molecule has 31 heavy (non-hydrogen) atoms. The maximum atomic E-state index is 14.1. The van der Waals surface area contributed by atoms with E-state index in [4.69, 9.17) is 0 Å². The monoisotopic (exact) mass is 425 g/mol. The Labute approximate surface area is 179 Å². The SMILES string of the molecule is Cc1ccc(F)c2cc(C(=O)N[C@@H]3CCC[C@@H](N4CCn5c(cn(C)c5=O)C4)C3)[nH]c12. The van der Waals surface area contributed by atoms with Gasteiger partial charge in [-0.1, -0.05) is 6.07 Å². The average Bonchev–Trinajstić information content (AvgIpc) is 3.34. The van der Waals surface area contributed by atoms with Gasteiger partial charge in [0.1, 0.15) is 11.5 Å². The number of nitrogens with zero attached hydrogens (tertiary/aromatic N) is 3. The fourth-order valence-corrected chi connectivity index (χ4v) is 5.19. The van der Waals surface area contributed by atoms with Crippen molar-refractivity contribution in [1.82, 2.24) is 24.3 Å². The number of amides is 1. The fraction of sp³-hybridized carbons (Fsp3) is 0.478. The van der Waals surface area contributed by atoms with E-state index in [0.29, 0.717) is 29.2 Å². The van der Waals surface area contributed by atoms with Crippen LogP contribution in [0.2, 0.25) is 0 Å². The number of carbonyl (C=O) groups excluding carboxylic acids is 1. The third kappa shape index (κ3) is 3.59. The molecule has 1 aliphatic carbocycles. The molecule has 1 saturated carbocycles. The van der Waals surface area contributed by atoms with E-state index in [2.05, 4.69) is 15.2 Å². The van der Waals surface area contributed by atoms with Crippen LogP contribution in [0.5, 0.6) is 0 Å². The predicted octanol–water partition coefficient (Wildman–Crippen LogP) is 2.67. The minimum Gasteiger partial charge on any atom is -0.350 e. The van der Waals surface area contributed by atoms with Crippen LogP contribution in [0.15, 0.2) is 29.2 Å². The molecule has 3 heterocycles. The quantitative estimate of drug-likeness (QED) is 0.678. The van der Waals surface area contributed by atoms with Crippen LogP contribution in [0, 0.1) is 12.7 Å².